The van der Waals surface area contributed by atoms with Crippen LogP contribution in [0.5, 0.6) is 5.75 Å². The quantitative estimate of drug-likeness (QED) is 0.815. The summed E-state index contributed by atoms with van der Waals surface area (Å²) in [6, 6.07) is 6.29. The molecule has 0 N–H and O–H groups in total. The first-order chi connectivity index (χ1) is 9.19. The summed E-state index contributed by atoms with van der Waals surface area (Å²) in [7, 11) is 3.88. The number of benzene rings is 1. The van der Waals surface area contributed by atoms with Crippen LogP contribution in [0.2, 0.25) is 0 Å². The Morgan fingerprint density at radius 3 is 2.84 bits per heavy atom. The second-order valence-electron chi connectivity index (χ2n) is 5.48. The Hall–Kier alpha value is -1.06. The van der Waals surface area contributed by atoms with E-state index < -0.39 is 0 Å². The topological polar surface area (TPSA) is 21.7 Å². The first kappa shape index (κ1) is 14.4. The van der Waals surface area contributed by atoms with Crippen LogP contribution in [0.4, 0.5) is 0 Å². The molecule has 0 bridgehead atoms. The number of nitrogens with zero attached hydrogens (tertiary/aromatic N) is 1. The zero-order chi connectivity index (χ0) is 13.7. The Morgan fingerprint density at radius 1 is 1.37 bits per heavy atom. The molecule has 0 radical (unpaired) electrons. The third-order valence-corrected chi connectivity index (χ3v) is 3.78. The van der Waals surface area contributed by atoms with Gasteiger partial charge in [-0.15, -0.1) is 0 Å². The Labute approximate surface area is 116 Å². The minimum Gasteiger partial charge on any atom is -0.497 e. The third kappa shape index (κ3) is 4.22. The molecule has 1 aromatic rings. The van der Waals surface area contributed by atoms with Gasteiger partial charge in [-0.3, -0.25) is 4.90 Å². The third-order valence-electron chi connectivity index (χ3n) is 3.78. The number of ether oxygens (including phenoxy) is 2. The van der Waals surface area contributed by atoms with E-state index in [9.17, 15) is 0 Å². The average Bonchev–Trinajstić information content (AvgIpc) is 2.42. The fourth-order valence-corrected chi connectivity index (χ4v) is 2.63. The molecule has 106 valence electrons. The van der Waals surface area contributed by atoms with Crippen molar-refractivity contribution in [2.75, 3.05) is 27.3 Å². The molecule has 1 aliphatic heterocycles. The van der Waals surface area contributed by atoms with Gasteiger partial charge < -0.3 is 9.47 Å². The van der Waals surface area contributed by atoms with E-state index in [1.807, 2.05) is 6.07 Å². The van der Waals surface area contributed by atoms with Crippen LogP contribution in [0.15, 0.2) is 18.2 Å². The SMILES string of the molecule is COc1ccc(CN(C)CC2CCCCO2)c(C)c1. The van der Waals surface area contributed by atoms with Gasteiger partial charge in [-0.2, -0.15) is 0 Å². The van der Waals surface area contributed by atoms with Crippen molar-refractivity contribution in [3.63, 3.8) is 0 Å². The first-order valence-electron chi connectivity index (χ1n) is 7.12. The van der Waals surface area contributed by atoms with Crippen molar-refractivity contribution in [2.24, 2.45) is 0 Å². The molecule has 0 spiro atoms. The van der Waals surface area contributed by atoms with Crippen molar-refractivity contribution < 1.29 is 9.47 Å². The molecule has 0 aliphatic carbocycles. The van der Waals surface area contributed by atoms with Crippen molar-refractivity contribution in [3.05, 3.63) is 29.3 Å². The van der Waals surface area contributed by atoms with Gasteiger partial charge in [0.2, 0.25) is 0 Å². The summed E-state index contributed by atoms with van der Waals surface area (Å²) in [5.41, 5.74) is 2.65. The van der Waals surface area contributed by atoms with Gasteiger partial charge in [0.05, 0.1) is 13.2 Å². The fraction of sp³-hybridized carbons (Fsp3) is 0.625. The van der Waals surface area contributed by atoms with Gasteiger partial charge in [0.15, 0.2) is 0 Å². The Kier molecular flexibility index (Phi) is 5.23. The molecule has 0 aromatic heterocycles. The molecular weight excluding hydrogens is 238 g/mol. The second kappa shape index (κ2) is 6.92. The summed E-state index contributed by atoms with van der Waals surface area (Å²) >= 11 is 0. The highest BCUT2D eigenvalue weighted by atomic mass is 16.5. The predicted molar refractivity (Wildman–Crippen MR) is 77.7 cm³/mol. The molecule has 1 saturated heterocycles. The van der Waals surface area contributed by atoms with E-state index in [4.69, 9.17) is 9.47 Å². The van der Waals surface area contributed by atoms with Crippen molar-refractivity contribution in [1.29, 1.82) is 0 Å². The second-order valence-corrected chi connectivity index (χ2v) is 5.48. The zero-order valence-corrected chi connectivity index (χ0v) is 12.3. The standard InChI is InChI=1S/C16H25NO2/c1-13-10-15(18-3)8-7-14(13)11-17(2)12-16-6-4-5-9-19-16/h7-8,10,16H,4-6,9,11-12H2,1-3H3. The summed E-state index contributed by atoms with van der Waals surface area (Å²) < 4.78 is 11.0. The van der Waals surface area contributed by atoms with Crippen molar-refractivity contribution in [1.82, 2.24) is 4.90 Å². The van der Waals surface area contributed by atoms with Gasteiger partial charge in [-0.05, 0) is 56.5 Å². The van der Waals surface area contributed by atoms with Crippen LogP contribution in [0, 0.1) is 6.92 Å². The number of rotatable bonds is 5. The molecule has 1 unspecified atom stereocenters. The monoisotopic (exact) mass is 263 g/mol. The van der Waals surface area contributed by atoms with E-state index in [1.54, 1.807) is 7.11 Å². The highest BCUT2D eigenvalue weighted by Gasteiger charge is 2.16. The van der Waals surface area contributed by atoms with Gasteiger partial charge >= 0.3 is 0 Å². The molecular formula is C16H25NO2. The summed E-state index contributed by atoms with van der Waals surface area (Å²) in [6.45, 7) is 5.06. The van der Waals surface area contributed by atoms with Gasteiger partial charge in [0.25, 0.3) is 0 Å². The minimum atomic E-state index is 0.414. The highest BCUT2D eigenvalue weighted by molar-refractivity contribution is 5.34. The summed E-state index contributed by atoms with van der Waals surface area (Å²) in [6.07, 6.45) is 4.14. The lowest BCUT2D eigenvalue weighted by molar-refractivity contribution is -0.00261. The molecule has 1 atom stereocenters. The van der Waals surface area contributed by atoms with Crippen LogP contribution in [-0.2, 0) is 11.3 Å². The van der Waals surface area contributed by atoms with Gasteiger partial charge in [-0.25, -0.2) is 0 Å². The maximum Gasteiger partial charge on any atom is 0.119 e. The largest absolute Gasteiger partial charge is 0.497 e. The van der Waals surface area contributed by atoms with Crippen LogP contribution in [-0.4, -0.2) is 38.3 Å². The van der Waals surface area contributed by atoms with Crippen LogP contribution < -0.4 is 4.74 Å². The van der Waals surface area contributed by atoms with Crippen molar-refractivity contribution in [2.45, 2.75) is 38.8 Å². The summed E-state index contributed by atoms with van der Waals surface area (Å²) in [4.78, 5) is 2.35. The van der Waals surface area contributed by atoms with Crippen molar-refractivity contribution >= 4 is 0 Å². The van der Waals surface area contributed by atoms with E-state index >= 15 is 0 Å². The molecule has 1 aromatic carbocycles. The molecule has 2 rings (SSSR count). The number of methoxy groups -OCH3 is 1. The maximum absolute atomic E-state index is 5.79. The summed E-state index contributed by atoms with van der Waals surface area (Å²) in [5, 5.41) is 0. The van der Waals surface area contributed by atoms with Gasteiger partial charge in [0, 0.05) is 19.7 Å². The van der Waals surface area contributed by atoms with E-state index in [-0.39, 0.29) is 0 Å². The van der Waals surface area contributed by atoms with Crippen LogP contribution >= 0.6 is 0 Å². The smallest absolute Gasteiger partial charge is 0.119 e. The molecule has 0 saturated carbocycles. The Balaban J connectivity index is 1.88. The minimum absolute atomic E-state index is 0.414. The lowest BCUT2D eigenvalue weighted by Crippen LogP contribution is -2.33. The van der Waals surface area contributed by atoms with E-state index in [0.29, 0.717) is 6.10 Å². The van der Waals surface area contributed by atoms with Crippen LogP contribution in [0.1, 0.15) is 30.4 Å². The fourth-order valence-electron chi connectivity index (χ4n) is 2.63. The van der Waals surface area contributed by atoms with Crippen LogP contribution in [0.3, 0.4) is 0 Å². The average molecular weight is 263 g/mol. The maximum atomic E-state index is 5.79. The molecule has 1 heterocycles. The number of hydrogen-bond acceptors (Lipinski definition) is 3. The molecule has 0 amide bonds. The van der Waals surface area contributed by atoms with E-state index in [2.05, 4.69) is 31.0 Å². The Morgan fingerprint density at radius 2 is 2.21 bits per heavy atom. The van der Waals surface area contributed by atoms with Crippen molar-refractivity contribution in [3.8, 4) is 5.75 Å². The van der Waals surface area contributed by atoms with Gasteiger partial charge in [-0.1, -0.05) is 6.07 Å². The van der Waals surface area contributed by atoms with E-state index in [1.165, 1.54) is 30.4 Å². The normalized spacial score (nSPS) is 19.7. The lowest BCUT2D eigenvalue weighted by Gasteiger charge is -2.27. The molecule has 19 heavy (non-hydrogen) atoms. The molecule has 3 nitrogen and oxygen atoms in total. The molecule has 1 aliphatic rings. The lowest BCUT2D eigenvalue weighted by atomic mass is 10.1. The first-order valence-corrected chi connectivity index (χ1v) is 7.12. The van der Waals surface area contributed by atoms with Crippen LogP contribution in [0.25, 0.3) is 0 Å². The Bertz CT molecular complexity index is 400. The number of likely N-dealkylation sites (N-methyl/N-ethyl adjacent to an activating group) is 1. The van der Waals surface area contributed by atoms with E-state index in [0.717, 1.165) is 25.4 Å². The predicted octanol–water partition coefficient (Wildman–Crippen LogP) is 3.00. The highest BCUT2D eigenvalue weighted by Crippen LogP contribution is 2.19. The van der Waals surface area contributed by atoms with Gasteiger partial charge in [0.1, 0.15) is 5.75 Å². The summed E-state index contributed by atoms with van der Waals surface area (Å²) in [5.74, 6) is 0.930. The zero-order valence-electron chi connectivity index (χ0n) is 12.3. The molecule has 1 fully saturated rings. The molecule has 3 heteroatoms. The number of aryl methyl sites for hydroxylation is 1. The number of hydrogen-bond donors (Lipinski definition) is 0.